The van der Waals surface area contributed by atoms with Crippen LogP contribution in [0.25, 0.3) is 0 Å². The molecule has 2 heteroatoms. The highest BCUT2D eigenvalue weighted by Crippen LogP contribution is 2.39. The van der Waals surface area contributed by atoms with Crippen LogP contribution in [-0.4, -0.2) is 7.11 Å². The molecule has 0 amide bonds. The molecule has 1 aliphatic carbocycles. The molecule has 0 aliphatic heterocycles. The lowest BCUT2D eigenvalue weighted by atomic mass is 9.81. The van der Waals surface area contributed by atoms with E-state index in [1.807, 2.05) is 6.07 Å². The van der Waals surface area contributed by atoms with E-state index < -0.39 is 0 Å². The minimum absolute atomic E-state index is 0.140. The first-order valence-corrected chi connectivity index (χ1v) is 8.03. The second kappa shape index (κ2) is 6.62. The maximum atomic E-state index is 6.79. The van der Waals surface area contributed by atoms with Crippen LogP contribution in [0.4, 0.5) is 0 Å². The number of aryl methyl sites for hydroxylation is 1. The van der Waals surface area contributed by atoms with Gasteiger partial charge in [0, 0.05) is 5.54 Å². The van der Waals surface area contributed by atoms with Gasteiger partial charge >= 0.3 is 0 Å². The molecule has 1 aliphatic rings. The lowest BCUT2D eigenvalue weighted by Gasteiger charge is -2.30. The van der Waals surface area contributed by atoms with Crippen molar-refractivity contribution < 1.29 is 4.74 Å². The molecule has 2 nitrogen and oxygen atoms in total. The number of nitrogens with two attached hydrogens (primary N) is 1. The van der Waals surface area contributed by atoms with Crippen molar-refractivity contribution in [2.75, 3.05) is 7.11 Å². The molecule has 20 heavy (non-hydrogen) atoms. The number of ether oxygens (including phenoxy) is 1. The summed E-state index contributed by atoms with van der Waals surface area (Å²) in [5, 5.41) is 0. The molecule has 2 N–H and O–H groups in total. The molecular weight excluding hydrogens is 246 g/mol. The van der Waals surface area contributed by atoms with Crippen LogP contribution in [0.15, 0.2) is 18.2 Å². The largest absolute Gasteiger partial charge is 0.497 e. The summed E-state index contributed by atoms with van der Waals surface area (Å²) in [5.41, 5.74) is 9.23. The van der Waals surface area contributed by atoms with E-state index in [4.69, 9.17) is 10.5 Å². The number of methoxy groups -OCH3 is 1. The number of hydrogen-bond acceptors (Lipinski definition) is 2. The molecule has 0 bridgehead atoms. The van der Waals surface area contributed by atoms with E-state index in [0.29, 0.717) is 0 Å². The zero-order valence-electron chi connectivity index (χ0n) is 13.2. The average molecular weight is 275 g/mol. The van der Waals surface area contributed by atoms with Crippen molar-refractivity contribution in [3.8, 4) is 5.75 Å². The van der Waals surface area contributed by atoms with Crippen molar-refractivity contribution in [2.24, 2.45) is 11.7 Å². The van der Waals surface area contributed by atoms with E-state index in [2.05, 4.69) is 26.0 Å². The van der Waals surface area contributed by atoms with Crippen LogP contribution in [0.1, 0.15) is 63.0 Å². The van der Waals surface area contributed by atoms with Gasteiger partial charge < -0.3 is 10.5 Å². The van der Waals surface area contributed by atoms with Crippen molar-refractivity contribution in [1.29, 1.82) is 0 Å². The number of rotatable bonds is 4. The van der Waals surface area contributed by atoms with Crippen LogP contribution < -0.4 is 10.5 Å². The zero-order chi connectivity index (χ0) is 14.6. The predicted molar refractivity (Wildman–Crippen MR) is 85.1 cm³/mol. The molecule has 2 atom stereocenters. The predicted octanol–water partition coefficient (Wildman–Crippen LogP) is 4.54. The molecule has 112 valence electrons. The first-order chi connectivity index (χ1) is 9.59. The van der Waals surface area contributed by atoms with Gasteiger partial charge in [-0.25, -0.2) is 0 Å². The highest BCUT2D eigenvalue weighted by atomic mass is 16.5. The first-order valence-electron chi connectivity index (χ1n) is 8.03. The molecule has 0 heterocycles. The van der Waals surface area contributed by atoms with Crippen LogP contribution >= 0.6 is 0 Å². The fraction of sp³-hybridized carbons (Fsp3) is 0.667. The molecular formula is C18H29NO. The van der Waals surface area contributed by atoms with Gasteiger partial charge in [0.25, 0.3) is 0 Å². The summed E-state index contributed by atoms with van der Waals surface area (Å²) < 4.78 is 5.30. The summed E-state index contributed by atoms with van der Waals surface area (Å²) in [6.45, 7) is 4.44. The third kappa shape index (κ3) is 3.35. The Balaban J connectivity index is 2.18. The first kappa shape index (κ1) is 15.4. The molecule has 2 unspecified atom stereocenters. The number of hydrogen-bond donors (Lipinski definition) is 1. The van der Waals surface area contributed by atoms with Gasteiger partial charge in [-0.15, -0.1) is 0 Å². The topological polar surface area (TPSA) is 35.2 Å². The monoisotopic (exact) mass is 275 g/mol. The summed E-state index contributed by atoms with van der Waals surface area (Å²) in [7, 11) is 1.72. The van der Waals surface area contributed by atoms with Crippen molar-refractivity contribution >= 4 is 0 Å². The van der Waals surface area contributed by atoms with Gasteiger partial charge in [0.2, 0.25) is 0 Å². The Morgan fingerprint density at radius 3 is 2.75 bits per heavy atom. The normalized spacial score (nSPS) is 27.1. The van der Waals surface area contributed by atoms with E-state index in [1.165, 1.54) is 43.2 Å². The van der Waals surface area contributed by atoms with Crippen molar-refractivity contribution in [3.05, 3.63) is 29.3 Å². The van der Waals surface area contributed by atoms with Gasteiger partial charge in [0.1, 0.15) is 5.75 Å². The minimum Gasteiger partial charge on any atom is -0.497 e. The summed E-state index contributed by atoms with van der Waals surface area (Å²) in [4.78, 5) is 0. The van der Waals surface area contributed by atoms with Crippen LogP contribution in [0.5, 0.6) is 5.75 Å². The van der Waals surface area contributed by atoms with Crippen LogP contribution in [-0.2, 0) is 5.54 Å². The molecule has 2 rings (SSSR count). The molecule has 0 radical (unpaired) electrons. The lowest BCUT2D eigenvalue weighted by molar-refractivity contribution is 0.364. The maximum absolute atomic E-state index is 6.79. The standard InChI is InChI=1S/C18H29NO/c1-4-6-15-7-5-11-18(19,12-10-15)17-9-8-16(20-3)13-14(17)2/h8-9,13,15H,4-7,10-12,19H2,1-3H3. The van der Waals surface area contributed by atoms with Gasteiger partial charge in [0.15, 0.2) is 0 Å². The Kier molecular flexibility index (Phi) is 5.09. The summed E-state index contributed by atoms with van der Waals surface area (Å²) in [6, 6.07) is 6.33. The summed E-state index contributed by atoms with van der Waals surface area (Å²) in [6.07, 6.45) is 8.76. The average Bonchev–Trinajstić information content (AvgIpc) is 2.62. The van der Waals surface area contributed by atoms with Gasteiger partial charge in [-0.3, -0.25) is 0 Å². The van der Waals surface area contributed by atoms with E-state index in [-0.39, 0.29) is 5.54 Å². The Morgan fingerprint density at radius 1 is 1.30 bits per heavy atom. The van der Waals surface area contributed by atoms with Crippen LogP contribution in [0.3, 0.4) is 0 Å². The third-order valence-corrected chi connectivity index (χ3v) is 4.90. The minimum atomic E-state index is -0.140. The van der Waals surface area contributed by atoms with E-state index >= 15 is 0 Å². The molecule has 0 saturated heterocycles. The van der Waals surface area contributed by atoms with Gasteiger partial charge in [-0.05, 0) is 55.4 Å². The fourth-order valence-electron chi connectivity index (χ4n) is 3.73. The smallest absolute Gasteiger partial charge is 0.119 e. The Hall–Kier alpha value is -1.02. The maximum Gasteiger partial charge on any atom is 0.119 e. The lowest BCUT2D eigenvalue weighted by Crippen LogP contribution is -2.36. The zero-order valence-corrected chi connectivity index (χ0v) is 13.2. The van der Waals surface area contributed by atoms with E-state index in [9.17, 15) is 0 Å². The highest BCUT2D eigenvalue weighted by molar-refractivity contribution is 5.39. The van der Waals surface area contributed by atoms with Gasteiger partial charge in [-0.1, -0.05) is 38.7 Å². The van der Waals surface area contributed by atoms with Gasteiger partial charge in [-0.2, -0.15) is 0 Å². The van der Waals surface area contributed by atoms with E-state index in [0.717, 1.165) is 24.5 Å². The number of benzene rings is 1. The molecule has 0 spiro atoms. The van der Waals surface area contributed by atoms with Crippen LogP contribution in [0.2, 0.25) is 0 Å². The molecule has 1 aromatic carbocycles. The second-order valence-corrected chi connectivity index (χ2v) is 6.42. The Morgan fingerprint density at radius 2 is 2.10 bits per heavy atom. The van der Waals surface area contributed by atoms with Crippen LogP contribution in [0, 0.1) is 12.8 Å². The van der Waals surface area contributed by atoms with Crippen molar-refractivity contribution in [1.82, 2.24) is 0 Å². The second-order valence-electron chi connectivity index (χ2n) is 6.42. The summed E-state index contributed by atoms with van der Waals surface area (Å²) >= 11 is 0. The van der Waals surface area contributed by atoms with E-state index in [1.54, 1.807) is 7.11 Å². The molecule has 1 fully saturated rings. The summed E-state index contributed by atoms with van der Waals surface area (Å²) in [5.74, 6) is 1.80. The highest BCUT2D eigenvalue weighted by Gasteiger charge is 2.31. The van der Waals surface area contributed by atoms with Gasteiger partial charge in [0.05, 0.1) is 7.11 Å². The molecule has 0 aromatic heterocycles. The third-order valence-electron chi connectivity index (χ3n) is 4.90. The molecule has 1 saturated carbocycles. The van der Waals surface area contributed by atoms with Crippen molar-refractivity contribution in [2.45, 2.75) is 64.3 Å². The Bertz CT molecular complexity index is 443. The molecule has 1 aromatic rings. The Labute approximate surface area is 123 Å². The van der Waals surface area contributed by atoms with Crippen molar-refractivity contribution in [3.63, 3.8) is 0 Å². The quantitative estimate of drug-likeness (QED) is 0.819. The fourth-order valence-corrected chi connectivity index (χ4v) is 3.73. The SMILES string of the molecule is CCCC1CCCC(N)(c2ccc(OC)cc2C)CC1.